The van der Waals surface area contributed by atoms with Crippen LogP contribution in [0.4, 0.5) is 14.5 Å². The number of halogens is 2. The van der Waals surface area contributed by atoms with Crippen molar-refractivity contribution in [3.8, 4) is 11.5 Å². The molecular formula is C24H31F2N3O2. The lowest BCUT2D eigenvalue weighted by molar-refractivity contribution is -0.0509. The average molecular weight is 432 g/mol. The molecule has 4 rings (SSSR count). The molecule has 2 aromatic rings. The lowest BCUT2D eigenvalue weighted by atomic mass is 10.0. The summed E-state index contributed by atoms with van der Waals surface area (Å²) in [5.74, 6) is 1.16. The number of anilines is 1. The number of piperidine rings is 1. The highest BCUT2D eigenvalue weighted by Crippen LogP contribution is 2.26. The lowest BCUT2D eigenvalue weighted by Gasteiger charge is -2.44. The Morgan fingerprint density at radius 3 is 2.42 bits per heavy atom. The topological polar surface area (TPSA) is 28.2 Å². The summed E-state index contributed by atoms with van der Waals surface area (Å²) in [7, 11) is 1.69. The zero-order valence-electron chi connectivity index (χ0n) is 18.1. The summed E-state index contributed by atoms with van der Waals surface area (Å²) in [6, 6.07) is 15.9. The maximum atomic E-state index is 12.7. The minimum absolute atomic E-state index is 0.285. The van der Waals surface area contributed by atoms with Crippen LogP contribution in [0.25, 0.3) is 0 Å². The van der Waals surface area contributed by atoms with Crippen LogP contribution in [0.2, 0.25) is 0 Å². The first kappa shape index (κ1) is 21.8. The van der Waals surface area contributed by atoms with Gasteiger partial charge in [-0.1, -0.05) is 18.2 Å². The van der Waals surface area contributed by atoms with Gasteiger partial charge in [0.25, 0.3) is 0 Å². The van der Waals surface area contributed by atoms with Crippen molar-refractivity contribution in [1.29, 1.82) is 0 Å². The number of para-hydroxylation sites is 1. The van der Waals surface area contributed by atoms with Crippen LogP contribution in [-0.2, 0) is 6.54 Å². The van der Waals surface area contributed by atoms with Crippen LogP contribution in [0, 0.1) is 0 Å². The molecule has 0 radical (unpaired) electrons. The summed E-state index contributed by atoms with van der Waals surface area (Å²) in [4.78, 5) is 7.39. The third-order valence-electron chi connectivity index (χ3n) is 6.33. The second-order valence-corrected chi connectivity index (χ2v) is 8.24. The number of methoxy groups -OCH3 is 1. The predicted octanol–water partition coefficient (Wildman–Crippen LogP) is 4.08. The minimum Gasteiger partial charge on any atom is -0.497 e. The normalized spacial score (nSPS) is 20.8. The second kappa shape index (κ2) is 10.3. The fraction of sp³-hybridized carbons (Fsp3) is 0.500. The van der Waals surface area contributed by atoms with Gasteiger partial charge in [0.2, 0.25) is 0 Å². The number of piperazine rings is 1. The van der Waals surface area contributed by atoms with Crippen molar-refractivity contribution in [3.05, 3.63) is 54.1 Å². The maximum absolute atomic E-state index is 12.7. The quantitative estimate of drug-likeness (QED) is 0.659. The summed E-state index contributed by atoms with van der Waals surface area (Å²) < 4.78 is 35.4. The third-order valence-corrected chi connectivity index (χ3v) is 6.33. The van der Waals surface area contributed by atoms with Gasteiger partial charge in [0.1, 0.15) is 11.5 Å². The summed E-state index contributed by atoms with van der Waals surface area (Å²) in [6.07, 6.45) is 2.31. The molecule has 0 spiro atoms. The Balaban J connectivity index is 1.31. The lowest BCUT2D eigenvalue weighted by Crippen LogP contribution is -2.55. The number of likely N-dealkylation sites (tertiary alicyclic amines) is 1. The van der Waals surface area contributed by atoms with Gasteiger partial charge in [-0.05, 0) is 49.7 Å². The van der Waals surface area contributed by atoms with E-state index in [0.29, 0.717) is 12.6 Å². The molecule has 168 valence electrons. The van der Waals surface area contributed by atoms with Crippen LogP contribution >= 0.6 is 0 Å². The Labute approximate surface area is 183 Å². The van der Waals surface area contributed by atoms with Gasteiger partial charge >= 0.3 is 6.61 Å². The van der Waals surface area contributed by atoms with E-state index in [1.807, 2.05) is 24.3 Å². The van der Waals surface area contributed by atoms with Crippen molar-refractivity contribution in [2.24, 2.45) is 0 Å². The summed E-state index contributed by atoms with van der Waals surface area (Å²) in [5.41, 5.74) is 2.06. The van der Waals surface area contributed by atoms with Crippen molar-refractivity contribution >= 4 is 5.69 Å². The molecule has 0 bridgehead atoms. The van der Waals surface area contributed by atoms with Crippen molar-refractivity contribution in [1.82, 2.24) is 9.80 Å². The van der Waals surface area contributed by atoms with Crippen molar-refractivity contribution in [2.45, 2.75) is 32.0 Å². The Bertz CT molecular complexity index is 826. The molecule has 2 heterocycles. The SMILES string of the molecule is COc1ccc(N2CCN(C3CCCN(Cc4ccccc4OC(F)F)C3)CC2)cc1. The van der Waals surface area contributed by atoms with Gasteiger partial charge in [0.15, 0.2) is 0 Å². The minimum atomic E-state index is -2.79. The Hall–Kier alpha value is -2.38. The highest BCUT2D eigenvalue weighted by molar-refractivity contribution is 5.49. The van der Waals surface area contributed by atoms with Gasteiger partial charge in [-0.15, -0.1) is 0 Å². The number of alkyl halides is 2. The Kier molecular flexibility index (Phi) is 7.25. The number of rotatable bonds is 7. The molecule has 7 heteroatoms. The van der Waals surface area contributed by atoms with Crippen LogP contribution in [0.15, 0.2) is 48.5 Å². The maximum Gasteiger partial charge on any atom is 0.387 e. The van der Waals surface area contributed by atoms with E-state index in [1.54, 1.807) is 19.2 Å². The first-order valence-corrected chi connectivity index (χ1v) is 11.0. The first-order valence-electron chi connectivity index (χ1n) is 11.0. The van der Waals surface area contributed by atoms with Crippen LogP contribution in [-0.4, -0.2) is 68.8 Å². The van der Waals surface area contributed by atoms with Gasteiger partial charge in [-0.2, -0.15) is 8.78 Å². The standard InChI is InChI=1S/C24H31F2N3O2/c1-30-22-10-8-20(9-11-22)28-13-15-29(16-14-28)21-6-4-12-27(18-21)17-19-5-2-3-7-23(19)31-24(25)26/h2-3,5,7-11,21,24H,4,6,12-18H2,1H3. The van der Waals surface area contributed by atoms with Crippen LogP contribution in [0.5, 0.6) is 11.5 Å². The fourth-order valence-electron chi connectivity index (χ4n) is 4.70. The molecule has 1 atom stereocenters. The van der Waals surface area contributed by atoms with Gasteiger partial charge < -0.3 is 14.4 Å². The fourth-order valence-corrected chi connectivity index (χ4v) is 4.70. The Morgan fingerprint density at radius 2 is 1.71 bits per heavy atom. The molecule has 2 saturated heterocycles. The molecule has 0 aromatic heterocycles. The van der Waals surface area contributed by atoms with Crippen LogP contribution in [0.3, 0.4) is 0 Å². The van der Waals surface area contributed by atoms with E-state index in [-0.39, 0.29) is 5.75 Å². The molecule has 2 fully saturated rings. The molecule has 2 aliphatic rings. The number of nitrogens with zero attached hydrogens (tertiary/aromatic N) is 3. The largest absolute Gasteiger partial charge is 0.497 e. The van der Waals surface area contributed by atoms with Gasteiger partial charge in [-0.3, -0.25) is 9.80 Å². The zero-order valence-corrected chi connectivity index (χ0v) is 18.1. The highest BCUT2D eigenvalue weighted by atomic mass is 19.3. The molecule has 0 amide bonds. The van der Waals surface area contributed by atoms with E-state index in [1.165, 1.54) is 12.1 Å². The summed E-state index contributed by atoms with van der Waals surface area (Å²) >= 11 is 0. The number of ether oxygens (including phenoxy) is 2. The van der Waals surface area contributed by atoms with Crippen LogP contribution in [0.1, 0.15) is 18.4 Å². The smallest absolute Gasteiger partial charge is 0.387 e. The van der Waals surface area contributed by atoms with Crippen molar-refractivity contribution in [2.75, 3.05) is 51.3 Å². The van der Waals surface area contributed by atoms with E-state index < -0.39 is 6.61 Å². The van der Waals surface area contributed by atoms with E-state index in [0.717, 1.165) is 57.0 Å². The van der Waals surface area contributed by atoms with Crippen molar-refractivity contribution < 1.29 is 18.3 Å². The van der Waals surface area contributed by atoms with E-state index >= 15 is 0 Å². The first-order chi connectivity index (χ1) is 15.1. The van der Waals surface area contributed by atoms with Crippen molar-refractivity contribution in [3.63, 3.8) is 0 Å². The van der Waals surface area contributed by atoms with E-state index in [4.69, 9.17) is 9.47 Å². The summed E-state index contributed by atoms with van der Waals surface area (Å²) in [6.45, 7) is 3.90. The van der Waals surface area contributed by atoms with Gasteiger partial charge in [-0.25, -0.2) is 0 Å². The zero-order chi connectivity index (χ0) is 21.6. The third kappa shape index (κ3) is 5.66. The molecule has 0 saturated carbocycles. The molecule has 5 nitrogen and oxygen atoms in total. The second-order valence-electron chi connectivity index (χ2n) is 8.24. The molecule has 2 aliphatic heterocycles. The average Bonchev–Trinajstić information content (AvgIpc) is 2.80. The molecular weight excluding hydrogens is 400 g/mol. The molecule has 2 aromatic carbocycles. The molecule has 0 aliphatic carbocycles. The number of hydrogen-bond acceptors (Lipinski definition) is 5. The number of benzene rings is 2. The van der Waals surface area contributed by atoms with Crippen LogP contribution < -0.4 is 14.4 Å². The molecule has 0 N–H and O–H groups in total. The highest BCUT2D eigenvalue weighted by Gasteiger charge is 2.28. The molecule has 31 heavy (non-hydrogen) atoms. The van der Waals surface area contributed by atoms with Gasteiger partial charge in [0.05, 0.1) is 7.11 Å². The number of hydrogen-bond donors (Lipinski definition) is 0. The monoisotopic (exact) mass is 431 g/mol. The molecule has 1 unspecified atom stereocenters. The van der Waals surface area contributed by atoms with Gasteiger partial charge in [0, 0.05) is 56.6 Å². The summed E-state index contributed by atoms with van der Waals surface area (Å²) in [5, 5.41) is 0. The van der Waals surface area contributed by atoms with E-state index in [2.05, 4.69) is 26.8 Å². The van der Waals surface area contributed by atoms with E-state index in [9.17, 15) is 8.78 Å². The predicted molar refractivity (Wildman–Crippen MR) is 118 cm³/mol. The Morgan fingerprint density at radius 1 is 0.968 bits per heavy atom.